The Labute approximate surface area is 172 Å². The minimum Gasteiger partial charge on any atom is -0.312 e. The second-order valence-electron chi connectivity index (χ2n) is 5.97. The molecular weight excluding hydrogens is 429 g/mol. The van der Waals surface area contributed by atoms with E-state index in [0.29, 0.717) is 11.2 Å². The van der Waals surface area contributed by atoms with Crippen molar-refractivity contribution in [3.8, 4) is 0 Å². The standard InChI is InChI=1S/C17H14ClF3N6OS/c1-9(29-16-26-23-8-27(16)2)10-3-4-22-14(5-10)25-15(28)12-6-11(18)7-13(24-12)17(19,20)21/h3-9H,1-2H3,(H,22,25,28)/t9-/m0/s1. The van der Waals surface area contributed by atoms with Crippen LogP contribution in [0.4, 0.5) is 19.0 Å². The van der Waals surface area contributed by atoms with Gasteiger partial charge in [-0.3, -0.25) is 4.79 Å². The van der Waals surface area contributed by atoms with Gasteiger partial charge in [-0.25, -0.2) is 9.97 Å². The molecule has 152 valence electrons. The number of aromatic nitrogens is 5. The monoisotopic (exact) mass is 442 g/mol. The smallest absolute Gasteiger partial charge is 0.312 e. The van der Waals surface area contributed by atoms with Crippen molar-refractivity contribution >= 4 is 35.1 Å². The molecule has 0 spiro atoms. The summed E-state index contributed by atoms with van der Waals surface area (Å²) in [4.78, 5) is 19.7. The molecular formula is C17H14ClF3N6OS. The number of rotatable bonds is 5. The number of aryl methyl sites for hydroxylation is 1. The summed E-state index contributed by atoms with van der Waals surface area (Å²) in [7, 11) is 1.82. The van der Waals surface area contributed by atoms with Gasteiger partial charge in [0.2, 0.25) is 0 Å². The molecule has 0 unspecified atom stereocenters. The van der Waals surface area contributed by atoms with Crippen molar-refractivity contribution in [3.05, 3.63) is 58.8 Å². The van der Waals surface area contributed by atoms with Crippen LogP contribution in [0, 0.1) is 0 Å². The number of alkyl halides is 3. The van der Waals surface area contributed by atoms with E-state index in [1.807, 2.05) is 14.0 Å². The highest BCUT2D eigenvalue weighted by Gasteiger charge is 2.33. The van der Waals surface area contributed by atoms with Gasteiger partial charge in [0.15, 0.2) is 5.16 Å². The first kappa shape index (κ1) is 21.1. The normalized spacial score (nSPS) is 12.6. The van der Waals surface area contributed by atoms with Crippen molar-refractivity contribution in [1.82, 2.24) is 24.7 Å². The van der Waals surface area contributed by atoms with Crippen LogP contribution in [0.3, 0.4) is 0 Å². The molecule has 7 nitrogen and oxygen atoms in total. The van der Waals surface area contributed by atoms with Crippen molar-refractivity contribution < 1.29 is 18.0 Å². The summed E-state index contributed by atoms with van der Waals surface area (Å²) in [5, 5.41) is 10.7. The van der Waals surface area contributed by atoms with Crippen molar-refractivity contribution in [2.45, 2.75) is 23.5 Å². The summed E-state index contributed by atoms with van der Waals surface area (Å²) in [6.45, 7) is 1.94. The Hall–Kier alpha value is -2.66. The van der Waals surface area contributed by atoms with Gasteiger partial charge in [-0.15, -0.1) is 10.2 Å². The molecule has 0 aliphatic rings. The van der Waals surface area contributed by atoms with Crippen LogP contribution in [0.1, 0.15) is 33.9 Å². The lowest BCUT2D eigenvalue weighted by atomic mass is 10.2. The molecule has 3 heterocycles. The van der Waals surface area contributed by atoms with Crippen molar-refractivity contribution in [2.24, 2.45) is 7.05 Å². The van der Waals surface area contributed by atoms with Crippen LogP contribution in [0.5, 0.6) is 0 Å². The van der Waals surface area contributed by atoms with Crippen LogP contribution in [-0.4, -0.2) is 30.6 Å². The molecule has 0 aliphatic heterocycles. The summed E-state index contributed by atoms with van der Waals surface area (Å²) >= 11 is 7.15. The molecule has 0 radical (unpaired) electrons. The van der Waals surface area contributed by atoms with E-state index in [2.05, 4.69) is 25.5 Å². The number of hydrogen-bond donors (Lipinski definition) is 1. The Morgan fingerprint density at radius 2 is 2.07 bits per heavy atom. The third kappa shape index (κ3) is 5.24. The molecule has 3 aromatic heterocycles. The minimum atomic E-state index is -4.72. The number of carbonyl (C=O) groups is 1. The van der Waals surface area contributed by atoms with Crippen LogP contribution in [0.25, 0.3) is 0 Å². The first-order chi connectivity index (χ1) is 13.6. The van der Waals surface area contributed by atoms with Gasteiger partial charge in [-0.1, -0.05) is 23.4 Å². The lowest BCUT2D eigenvalue weighted by Crippen LogP contribution is -2.18. The van der Waals surface area contributed by atoms with Gasteiger partial charge < -0.3 is 9.88 Å². The van der Waals surface area contributed by atoms with E-state index in [4.69, 9.17) is 11.6 Å². The highest BCUT2D eigenvalue weighted by Crippen LogP contribution is 2.34. The fourth-order valence-corrected chi connectivity index (χ4v) is 3.43. The second kappa shape index (κ2) is 8.37. The van der Waals surface area contributed by atoms with Crippen molar-refractivity contribution in [3.63, 3.8) is 0 Å². The van der Waals surface area contributed by atoms with E-state index in [1.54, 1.807) is 23.0 Å². The Balaban J connectivity index is 1.77. The van der Waals surface area contributed by atoms with Gasteiger partial charge in [0.05, 0.1) is 0 Å². The zero-order valence-electron chi connectivity index (χ0n) is 15.1. The summed E-state index contributed by atoms with van der Waals surface area (Å²) in [6, 6.07) is 5.11. The molecule has 1 N–H and O–H groups in total. The predicted octanol–water partition coefficient (Wildman–Crippen LogP) is 4.38. The highest BCUT2D eigenvalue weighted by molar-refractivity contribution is 7.99. The molecule has 0 fully saturated rings. The number of amides is 1. The zero-order valence-corrected chi connectivity index (χ0v) is 16.7. The largest absolute Gasteiger partial charge is 0.433 e. The number of carbonyl (C=O) groups excluding carboxylic acids is 1. The topological polar surface area (TPSA) is 85.6 Å². The average molecular weight is 443 g/mol. The third-order valence-corrected chi connectivity index (χ3v) is 5.18. The number of hydrogen-bond acceptors (Lipinski definition) is 6. The SMILES string of the molecule is C[C@H](Sc1nncn1C)c1ccnc(NC(=O)c2cc(Cl)cc(C(F)(F)F)n2)c1. The maximum atomic E-state index is 12.9. The van der Waals surface area contributed by atoms with Crippen molar-refractivity contribution in [1.29, 1.82) is 0 Å². The van der Waals surface area contributed by atoms with Gasteiger partial charge in [0.25, 0.3) is 5.91 Å². The Morgan fingerprint density at radius 3 is 2.72 bits per heavy atom. The lowest BCUT2D eigenvalue weighted by Gasteiger charge is -2.12. The first-order valence-electron chi connectivity index (χ1n) is 8.16. The Kier molecular flexibility index (Phi) is 6.08. The van der Waals surface area contributed by atoms with E-state index < -0.39 is 23.5 Å². The molecule has 12 heteroatoms. The van der Waals surface area contributed by atoms with E-state index in [1.165, 1.54) is 18.0 Å². The van der Waals surface area contributed by atoms with Crippen molar-refractivity contribution in [2.75, 3.05) is 5.32 Å². The molecule has 1 atom stereocenters. The molecule has 0 saturated heterocycles. The zero-order chi connectivity index (χ0) is 21.2. The maximum absolute atomic E-state index is 12.9. The van der Waals surface area contributed by atoms with E-state index >= 15 is 0 Å². The van der Waals surface area contributed by atoms with E-state index in [-0.39, 0.29) is 16.1 Å². The van der Waals surface area contributed by atoms with Gasteiger partial charge in [-0.05, 0) is 36.8 Å². The van der Waals surface area contributed by atoms with Crippen LogP contribution >= 0.6 is 23.4 Å². The van der Waals surface area contributed by atoms with Crippen LogP contribution in [0.15, 0.2) is 41.9 Å². The Morgan fingerprint density at radius 1 is 1.31 bits per heavy atom. The molecule has 0 saturated carbocycles. The van der Waals surface area contributed by atoms with Crippen LogP contribution < -0.4 is 5.32 Å². The lowest BCUT2D eigenvalue weighted by molar-refractivity contribution is -0.141. The molecule has 0 aromatic carbocycles. The van der Waals surface area contributed by atoms with E-state index in [9.17, 15) is 18.0 Å². The highest BCUT2D eigenvalue weighted by atomic mass is 35.5. The number of halogens is 4. The summed E-state index contributed by atoms with van der Waals surface area (Å²) in [6.07, 6.45) is -1.64. The number of anilines is 1. The van der Waals surface area contributed by atoms with Crippen LogP contribution in [0.2, 0.25) is 5.02 Å². The number of nitrogens with one attached hydrogen (secondary N) is 1. The number of pyridine rings is 2. The maximum Gasteiger partial charge on any atom is 0.433 e. The fourth-order valence-electron chi connectivity index (χ4n) is 2.31. The van der Waals surface area contributed by atoms with Crippen LogP contribution in [-0.2, 0) is 13.2 Å². The van der Waals surface area contributed by atoms with Gasteiger partial charge in [-0.2, -0.15) is 13.2 Å². The summed E-state index contributed by atoms with van der Waals surface area (Å²) in [5.74, 6) is -0.676. The number of nitrogens with zero attached hydrogens (tertiary/aromatic N) is 5. The predicted molar refractivity (Wildman–Crippen MR) is 102 cm³/mol. The Bertz CT molecular complexity index is 1040. The average Bonchev–Trinajstić information content (AvgIpc) is 3.05. The molecule has 0 aliphatic carbocycles. The molecule has 3 rings (SSSR count). The molecule has 29 heavy (non-hydrogen) atoms. The van der Waals surface area contributed by atoms with E-state index in [0.717, 1.165) is 11.6 Å². The first-order valence-corrected chi connectivity index (χ1v) is 9.42. The second-order valence-corrected chi connectivity index (χ2v) is 7.71. The molecule has 3 aromatic rings. The fraction of sp³-hybridized carbons (Fsp3) is 0.235. The van der Waals surface area contributed by atoms with Gasteiger partial charge in [0.1, 0.15) is 23.5 Å². The summed E-state index contributed by atoms with van der Waals surface area (Å²) in [5.41, 5.74) is -0.873. The third-order valence-electron chi connectivity index (χ3n) is 3.76. The minimum absolute atomic E-state index is 0.0438. The molecule has 1 amide bonds. The quantitative estimate of drug-likeness (QED) is 0.590. The molecule has 0 bridgehead atoms. The number of thioether (sulfide) groups is 1. The van der Waals surface area contributed by atoms with Gasteiger partial charge >= 0.3 is 6.18 Å². The summed E-state index contributed by atoms with van der Waals surface area (Å²) < 4.78 is 40.4. The van der Waals surface area contributed by atoms with Gasteiger partial charge in [0, 0.05) is 23.5 Å².